The Morgan fingerprint density at radius 2 is 2.20 bits per heavy atom. The van der Waals surface area contributed by atoms with Crippen molar-refractivity contribution in [2.45, 2.75) is 37.5 Å². The van der Waals surface area contributed by atoms with Crippen LogP contribution in [-0.2, 0) is 5.41 Å². The van der Waals surface area contributed by atoms with Crippen molar-refractivity contribution in [3.63, 3.8) is 0 Å². The average molecular weight is 207 g/mol. The number of hydrogen-bond donors (Lipinski definition) is 2. The molecule has 1 aliphatic heterocycles. The number of tetrazole rings is 1. The van der Waals surface area contributed by atoms with Crippen molar-refractivity contribution >= 4 is 0 Å². The molecule has 5 nitrogen and oxygen atoms in total. The third-order valence-electron chi connectivity index (χ3n) is 3.91. The molecule has 1 aromatic heterocycles. The molecule has 0 amide bonds. The second-order valence-corrected chi connectivity index (χ2v) is 4.79. The van der Waals surface area contributed by atoms with Crippen molar-refractivity contribution in [1.29, 1.82) is 0 Å². The summed E-state index contributed by atoms with van der Waals surface area (Å²) in [6.07, 6.45) is 6.41. The lowest BCUT2D eigenvalue weighted by Crippen LogP contribution is -2.30. The molecule has 2 N–H and O–H groups in total. The molecule has 1 atom stereocenters. The van der Waals surface area contributed by atoms with Crippen LogP contribution in [0.5, 0.6) is 0 Å². The minimum absolute atomic E-state index is 0.254. The number of nitrogens with zero attached hydrogens (tertiary/aromatic N) is 3. The topological polar surface area (TPSA) is 66.5 Å². The van der Waals surface area contributed by atoms with Gasteiger partial charge in [0.2, 0.25) is 0 Å². The van der Waals surface area contributed by atoms with Gasteiger partial charge < -0.3 is 5.32 Å². The van der Waals surface area contributed by atoms with Gasteiger partial charge in [0.05, 0.1) is 0 Å². The van der Waals surface area contributed by atoms with Crippen molar-refractivity contribution < 1.29 is 0 Å². The highest BCUT2D eigenvalue weighted by molar-refractivity contribution is 5.19. The second-order valence-electron chi connectivity index (χ2n) is 4.79. The molecule has 0 radical (unpaired) electrons. The van der Waals surface area contributed by atoms with Gasteiger partial charge in [0.25, 0.3) is 0 Å². The van der Waals surface area contributed by atoms with Crippen LogP contribution in [0.25, 0.3) is 0 Å². The number of nitrogens with one attached hydrogen (secondary N) is 2. The minimum atomic E-state index is 0.254. The van der Waals surface area contributed by atoms with Crippen molar-refractivity contribution in [1.82, 2.24) is 25.9 Å². The van der Waals surface area contributed by atoms with E-state index in [1.54, 1.807) is 0 Å². The normalized spacial score (nSPS) is 29.7. The van der Waals surface area contributed by atoms with Crippen LogP contribution < -0.4 is 5.32 Å². The van der Waals surface area contributed by atoms with Crippen molar-refractivity contribution in [2.75, 3.05) is 13.1 Å². The van der Waals surface area contributed by atoms with Gasteiger partial charge in [0.1, 0.15) is 0 Å². The molecule has 3 rings (SSSR count). The summed E-state index contributed by atoms with van der Waals surface area (Å²) in [5.74, 6) is 1.65. The van der Waals surface area contributed by atoms with Crippen LogP contribution in [0.15, 0.2) is 0 Å². The number of rotatable bonds is 2. The molecule has 0 aromatic carbocycles. The molecule has 2 aliphatic rings. The lowest BCUT2D eigenvalue weighted by molar-refractivity contribution is 0.360. The molecule has 5 heteroatoms. The van der Waals surface area contributed by atoms with E-state index in [1.807, 2.05) is 0 Å². The summed E-state index contributed by atoms with van der Waals surface area (Å²) in [7, 11) is 0. The fraction of sp³-hybridized carbons (Fsp3) is 0.900. The van der Waals surface area contributed by atoms with Gasteiger partial charge in [-0.3, -0.25) is 0 Å². The highest BCUT2D eigenvalue weighted by Gasteiger charge is 2.53. The van der Waals surface area contributed by atoms with Crippen molar-refractivity contribution in [3.8, 4) is 0 Å². The van der Waals surface area contributed by atoms with Crippen LogP contribution in [0.3, 0.4) is 0 Å². The van der Waals surface area contributed by atoms with Crippen LogP contribution in [0, 0.1) is 5.92 Å². The summed E-state index contributed by atoms with van der Waals surface area (Å²) in [5.41, 5.74) is 0.254. The van der Waals surface area contributed by atoms with Crippen molar-refractivity contribution in [3.05, 3.63) is 5.82 Å². The molecule has 82 valence electrons. The van der Waals surface area contributed by atoms with Gasteiger partial charge in [0, 0.05) is 5.41 Å². The predicted molar refractivity (Wildman–Crippen MR) is 55.3 cm³/mol. The summed E-state index contributed by atoms with van der Waals surface area (Å²) in [6.45, 7) is 2.29. The molecule has 15 heavy (non-hydrogen) atoms. The van der Waals surface area contributed by atoms with Crippen LogP contribution in [0.1, 0.15) is 37.9 Å². The molecule has 1 saturated carbocycles. The van der Waals surface area contributed by atoms with Gasteiger partial charge in [-0.15, -0.1) is 10.2 Å². The van der Waals surface area contributed by atoms with E-state index in [0.29, 0.717) is 5.92 Å². The average Bonchev–Trinajstić information content (AvgIpc) is 2.96. The summed E-state index contributed by atoms with van der Waals surface area (Å²) >= 11 is 0. The van der Waals surface area contributed by atoms with E-state index in [0.717, 1.165) is 12.4 Å². The molecular weight excluding hydrogens is 190 g/mol. The van der Waals surface area contributed by atoms with E-state index in [1.165, 1.54) is 38.6 Å². The van der Waals surface area contributed by atoms with E-state index in [4.69, 9.17) is 0 Å². The van der Waals surface area contributed by atoms with Crippen LogP contribution in [0.2, 0.25) is 0 Å². The maximum atomic E-state index is 4.18. The molecule has 1 saturated heterocycles. The molecule has 0 bridgehead atoms. The van der Waals surface area contributed by atoms with Gasteiger partial charge in [0.15, 0.2) is 5.82 Å². The molecule has 1 unspecified atom stereocenters. The lowest BCUT2D eigenvalue weighted by Gasteiger charge is -2.22. The van der Waals surface area contributed by atoms with Crippen LogP contribution in [0.4, 0.5) is 0 Å². The summed E-state index contributed by atoms with van der Waals surface area (Å²) in [6, 6.07) is 0. The summed E-state index contributed by atoms with van der Waals surface area (Å²) in [4.78, 5) is 0. The fourth-order valence-electron chi connectivity index (χ4n) is 2.81. The van der Waals surface area contributed by atoms with E-state index < -0.39 is 0 Å². The SMILES string of the molecule is C1CCC(C2(c3nn[nH]n3)CC2)CNC1. The number of aromatic nitrogens is 4. The molecule has 2 heterocycles. The Morgan fingerprint density at radius 3 is 2.93 bits per heavy atom. The lowest BCUT2D eigenvalue weighted by atomic mass is 9.85. The Kier molecular flexibility index (Phi) is 2.20. The van der Waals surface area contributed by atoms with E-state index in [2.05, 4.69) is 25.9 Å². The Balaban J connectivity index is 1.80. The monoisotopic (exact) mass is 207 g/mol. The molecule has 2 fully saturated rings. The quantitative estimate of drug-likeness (QED) is 0.746. The minimum Gasteiger partial charge on any atom is -0.316 e. The number of hydrogen-bond acceptors (Lipinski definition) is 4. The molecular formula is C10H17N5. The number of H-pyrrole nitrogens is 1. The van der Waals surface area contributed by atoms with Gasteiger partial charge in [-0.1, -0.05) is 11.6 Å². The van der Waals surface area contributed by atoms with Gasteiger partial charge in [-0.2, -0.15) is 5.21 Å². The molecule has 1 aromatic rings. The number of aromatic amines is 1. The summed E-state index contributed by atoms with van der Waals surface area (Å²) in [5, 5.41) is 18.2. The Bertz CT molecular complexity index is 309. The van der Waals surface area contributed by atoms with Crippen molar-refractivity contribution in [2.24, 2.45) is 5.92 Å². The van der Waals surface area contributed by atoms with E-state index >= 15 is 0 Å². The zero-order chi connectivity index (χ0) is 10.1. The standard InChI is InChI=1S/C10H17N5/c1-2-6-11-7-8(3-1)10(4-5-10)9-12-14-15-13-9/h8,11H,1-7H2,(H,12,13,14,15). The maximum Gasteiger partial charge on any atom is 0.181 e. The van der Waals surface area contributed by atoms with E-state index in [-0.39, 0.29) is 5.41 Å². The first-order valence-electron chi connectivity index (χ1n) is 5.86. The van der Waals surface area contributed by atoms with Crippen LogP contribution in [-0.4, -0.2) is 33.7 Å². The van der Waals surface area contributed by atoms with E-state index in [9.17, 15) is 0 Å². The highest BCUT2D eigenvalue weighted by Crippen LogP contribution is 2.53. The first-order chi connectivity index (χ1) is 7.42. The highest BCUT2D eigenvalue weighted by atomic mass is 15.5. The van der Waals surface area contributed by atoms with Gasteiger partial charge in [-0.05, 0) is 44.7 Å². The molecule has 0 spiro atoms. The van der Waals surface area contributed by atoms with Gasteiger partial charge >= 0.3 is 0 Å². The second kappa shape index (κ2) is 3.56. The maximum absolute atomic E-state index is 4.18. The fourth-order valence-corrected chi connectivity index (χ4v) is 2.81. The molecule has 1 aliphatic carbocycles. The first kappa shape index (κ1) is 9.27. The summed E-state index contributed by atoms with van der Waals surface area (Å²) < 4.78 is 0. The predicted octanol–water partition coefficient (Wildman–Crippen LogP) is 0.621. The zero-order valence-corrected chi connectivity index (χ0v) is 8.87. The van der Waals surface area contributed by atoms with Crippen LogP contribution >= 0.6 is 0 Å². The Morgan fingerprint density at radius 1 is 1.27 bits per heavy atom. The first-order valence-corrected chi connectivity index (χ1v) is 5.86. The zero-order valence-electron chi connectivity index (χ0n) is 8.87. The Labute approximate surface area is 89.0 Å². The third-order valence-corrected chi connectivity index (χ3v) is 3.91. The largest absolute Gasteiger partial charge is 0.316 e. The smallest absolute Gasteiger partial charge is 0.181 e. The van der Waals surface area contributed by atoms with Gasteiger partial charge in [-0.25, -0.2) is 0 Å². The Hall–Kier alpha value is -0.970. The third kappa shape index (κ3) is 1.55.